The van der Waals surface area contributed by atoms with Gasteiger partial charge in [-0.1, -0.05) is 121 Å². The molecule has 0 bridgehead atoms. The van der Waals surface area contributed by atoms with Crippen molar-refractivity contribution in [3.63, 3.8) is 0 Å². The van der Waals surface area contributed by atoms with Crippen LogP contribution in [0.15, 0.2) is 215 Å². The van der Waals surface area contributed by atoms with Crippen molar-refractivity contribution in [1.29, 1.82) is 0 Å². The first-order chi connectivity index (χ1) is 27.8. The summed E-state index contributed by atoms with van der Waals surface area (Å²) in [5.41, 5.74) is 11.8. The van der Waals surface area contributed by atoms with Gasteiger partial charge in [-0.3, -0.25) is 0 Å². The Balaban J connectivity index is 1.11. The zero-order valence-corrected chi connectivity index (χ0v) is 30.3. The van der Waals surface area contributed by atoms with E-state index in [2.05, 4.69) is 192 Å². The smallest absolute Gasteiger partial charge is 0.159 e. The van der Waals surface area contributed by atoms with Gasteiger partial charge < -0.3 is 18.6 Å². The van der Waals surface area contributed by atoms with Crippen LogP contribution in [0, 0.1) is 0 Å². The average molecular weight is 719 g/mol. The molecule has 0 saturated carbocycles. The molecule has 2 heterocycles. The predicted molar refractivity (Wildman–Crippen MR) is 233 cm³/mol. The fourth-order valence-corrected chi connectivity index (χ4v) is 8.21. The van der Waals surface area contributed by atoms with Gasteiger partial charge in [-0.25, -0.2) is 0 Å². The third-order valence-electron chi connectivity index (χ3n) is 10.8. The van der Waals surface area contributed by atoms with Crippen molar-refractivity contribution in [3.05, 3.63) is 206 Å². The standard InChI is InChI=1S/C52H34N2O2/c1-3-15-39(16-4-1)53(40-17-5-2-6-18-40)47-22-11-20-45-51-46(21-12-24-49(51)56-52(45)47)54(42-31-32-44-43-19-9-10-23-48(43)55-50(44)34-42)41-29-27-36(28-30-41)38-26-25-35-13-7-8-14-37(35)33-38/h1-34H. The molecule has 56 heavy (non-hydrogen) atoms. The molecule has 0 amide bonds. The first kappa shape index (κ1) is 31.9. The summed E-state index contributed by atoms with van der Waals surface area (Å²) in [5.74, 6) is 0. The molecule has 0 spiro atoms. The quantitative estimate of drug-likeness (QED) is 0.164. The van der Waals surface area contributed by atoms with Crippen LogP contribution in [0.2, 0.25) is 0 Å². The summed E-state index contributed by atoms with van der Waals surface area (Å²) in [6, 6.07) is 72.5. The van der Waals surface area contributed by atoms with E-state index >= 15 is 0 Å². The molecule has 2 aromatic heterocycles. The van der Waals surface area contributed by atoms with E-state index in [0.29, 0.717) is 0 Å². The predicted octanol–water partition coefficient (Wildman–Crippen LogP) is 15.2. The van der Waals surface area contributed by atoms with Gasteiger partial charge in [-0.05, 0) is 101 Å². The molecule has 9 aromatic carbocycles. The molecule has 0 aliphatic carbocycles. The number of para-hydroxylation sites is 4. The van der Waals surface area contributed by atoms with Crippen molar-refractivity contribution in [2.24, 2.45) is 0 Å². The highest BCUT2D eigenvalue weighted by atomic mass is 16.3. The van der Waals surface area contributed by atoms with Crippen LogP contribution in [-0.4, -0.2) is 0 Å². The second kappa shape index (κ2) is 13.1. The Labute approximate surface area is 323 Å². The molecule has 4 nitrogen and oxygen atoms in total. The average Bonchev–Trinajstić information content (AvgIpc) is 3.84. The lowest BCUT2D eigenvalue weighted by atomic mass is 10.0. The van der Waals surface area contributed by atoms with Gasteiger partial charge in [0.15, 0.2) is 5.58 Å². The van der Waals surface area contributed by atoms with Crippen LogP contribution < -0.4 is 9.80 Å². The number of hydrogen-bond acceptors (Lipinski definition) is 4. The minimum absolute atomic E-state index is 0.814. The lowest BCUT2D eigenvalue weighted by Gasteiger charge is -2.26. The summed E-state index contributed by atoms with van der Waals surface area (Å²) >= 11 is 0. The van der Waals surface area contributed by atoms with E-state index in [1.807, 2.05) is 24.3 Å². The molecule has 0 aliphatic rings. The number of furan rings is 2. The second-order valence-corrected chi connectivity index (χ2v) is 14.1. The molecule has 0 atom stereocenters. The van der Waals surface area contributed by atoms with E-state index in [-0.39, 0.29) is 0 Å². The topological polar surface area (TPSA) is 32.8 Å². The SMILES string of the molecule is c1ccc(N(c2ccccc2)c2cccc3c2oc2cccc(N(c4ccc(-c5ccc6ccccc6c5)cc4)c4ccc5c(c4)oc4ccccc45)c23)cc1. The Hall–Kier alpha value is -7.56. The number of anilines is 6. The van der Waals surface area contributed by atoms with Crippen molar-refractivity contribution >= 4 is 88.8 Å². The lowest BCUT2D eigenvalue weighted by Crippen LogP contribution is -2.10. The number of rotatable bonds is 7. The Morgan fingerprint density at radius 3 is 1.68 bits per heavy atom. The minimum atomic E-state index is 0.814. The largest absolute Gasteiger partial charge is 0.456 e. The van der Waals surface area contributed by atoms with E-state index in [1.165, 1.54) is 16.3 Å². The highest BCUT2D eigenvalue weighted by Crippen LogP contribution is 2.47. The molecule has 0 N–H and O–H groups in total. The van der Waals surface area contributed by atoms with Crippen molar-refractivity contribution in [2.45, 2.75) is 0 Å². The van der Waals surface area contributed by atoms with E-state index < -0.39 is 0 Å². The van der Waals surface area contributed by atoms with Gasteiger partial charge >= 0.3 is 0 Å². The molecule has 0 radical (unpaired) electrons. The summed E-state index contributed by atoms with van der Waals surface area (Å²) in [5, 5.41) is 6.73. The van der Waals surface area contributed by atoms with Crippen LogP contribution in [0.4, 0.5) is 34.1 Å². The van der Waals surface area contributed by atoms with E-state index in [0.717, 1.165) is 83.6 Å². The van der Waals surface area contributed by atoms with Gasteiger partial charge in [0, 0.05) is 45.0 Å². The van der Waals surface area contributed by atoms with Crippen molar-refractivity contribution in [2.75, 3.05) is 9.80 Å². The van der Waals surface area contributed by atoms with Crippen molar-refractivity contribution in [1.82, 2.24) is 0 Å². The second-order valence-electron chi connectivity index (χ2n) is 14.1. The molecule has 4 heteroatoms. The first-order valence-corrected chi connectivity index (χ1v) is 18.9. The highest BCUT2D eigenvalue weighted by Gasteiger charge is 2.24. The third-order valence-corrected chi connectivity index (χ3v) is 10.8. The lowest BCUT2D eigenvalue weighted by molar-refractivity contribution is 0.669. The Bertz CT molecular complexity index is 3160. The van der Waals surface area contributed by atoms with Gasteiger partial charge in [0.25, 0.3) is 0 Å². The van der Waals surface area contributed by atoms with Crippen LogP contribution in [0.1, 0.15) is 0 Å². The third kappa shape index (κ3) is 5.31. The number of hydrogen-bond donors (Lipinski definition) is 0. The van der Waals surface area contributed by atoms with Crippen LogP contribution in [0.3, 0.4) is 0 Å². The summed E-state index contributed by atoms with van der Waals surface area (Å²) in [4.78, 5) is 4.59. The zero-order chi connectivity index (χ0) is 37.0. The Morgan fingerprint density at radius 2 is 0.875 bits per heavy atom. The first-order valence-electron chi connectivity index (χ1n) is 18.9. The minimum Gasteiger partial charge on any atom is -0.456 e. The zero-order valence-electron chi connectivity index (χ0n) is 30.3. The van der Waals surface area contributed by atoms with Crippen molar-refractivity contribution < 1.29 is 8.83 Å². The molecule has 0 unspecified atom stereocenters. The van der Waals surface area contributed by atoms with Gasteiger partial charge in [-0.2, -0.15) is 0 Å². The normalized spacial score (nSPS) is 11.6. The monoisotopic (exact) mass is 718 g/mol. The number of fused-ring (bicyclic) bond motifs is 7. The molecule has 264 valence electrons. The maximum atomic E-state index is 6.91. The highest BCUT2D eigenvalue weighted by molar-refractivity contribution is 6.17. The Kier molecular flexibility index (Phi) is 7.46. The summed E-state index contributed by atoms with van der Waals surface area (Å²) < 4.78 is 13.4. The van der Waals surface area contributed by atoms with Crippen LogP contribution in [-0.2, 0) is 0 Å². The fourth-order valence-electron chi connectivity index (χ4n) is 8.21. The number of nitrogens with zero attached hydrogens (tertiary/aromatic N) is 2. The van der Waals surface area contributed by atoms with E-state index in [1.54, 1.807) is 0 Å². The van der Waals surface area contributed by atoms with E-state index in [9.17, 15) is 0 Å². The summed E-state index contributed by atoms with van der Waals surface area (Å²) in [6.45, 7) is 0. The van der Waals surface area contributed by atoms with Gasteiger partial charge in [0.05, 0.1) is 16.8 Å². The molecule has 0 fully saturated rings. The van der Waals surface area contributed by atoms with E-state index in [4.69, 9.17) is 8.83 Å². The van der Waals surface area contributed by atoms with Gasteiger partial charge in [-0.15, -0.1) is 0 Å². The summed E-state index contributed by atoms with van der Waals surface area (Å²) in [6.07, 6.45) is 0. The van der Waals surface area contributed by atoms with Crippen LogP contribution in [0.5, 0.6) is 0 Å². The molecular weight excluding hydrogens is 685 g/mol. The molecule has 0 saturated heterocycles. The van der Waals surface area contributed by atoms with Crippen LogP contribution >= 0.6 is 0 Å². The van der Waals surface area contributed by atoms with Crippen LogP contribution in [0.25, 0.3) is 65.8 Å². The summed E-state index contributed by atoms with van der Waals surface area (Å²) in [7, 11) is 0. The Morgan fingerprint density at radius 1 is 0.304 bits per heavy atom. The molecule has 11 aromatic rings. The van der Waals surface area contributed by atoms with Gasteiger partial charge in [0.1, 0.15) is 16.7 Å². The van der Waals surface area contributed by atoms with Crippen molar-refractivity contribution in [3.8, 4) is 11.1 Å². The molecule has 0 aliphatic heterocycles. The maximum Gasteiger partial charge on any atom is 0.159 e. The maximum absolute atomic E-state index is 6.91. The molecule has 11 rings (SSSR count). The molecular formula is C52H34N2O2. The van der Waals surface area contributed by atoms with Gasteiger partial charge in [0.2, 0.25) is 0 Å². The number of benzene rings is 9. The fraction of sp³-hybridized carbons (Fsp3) is 0.